The van der Waals surface area contributed by atoms with Crippen molar-refractivity contribution in [3.8, 4) is 5.75 Å². The van der Waals surface area contributed by atoms with E-state index in [0.29, 0.717) is 5.92 Å². The van der Waals surface area contributed by atoms with Crippen molar-refractivity contribution in [2.24, 2.45) is 5.73 Å². The Labute approximate surface area is 128 Å². The van der Waals surface area contributed by atoms with Gasteiger partial charge in [0.25, 0.3) is 0 Å². The molecule has 0 saturated carbocycles. The maximum atomic E-state index is 6.32. The van der Waals surface area contributed by atoms with Gasteiger partial charge in [-0.3, -0.25) is 0 Å². The van der Waals surface area contributed by atoms with Crippen molar-refractivity contribution in [1.82, 2.24) is 0 Å². The molecule has 0 fully saturated rings. The van der Waals surface area contributed by atoms with E-state index in [0.717, 1.165) is 40.3 Å². The second-order valence-corrected chi connectivity index (χ2v) is 5.52. The van der Waals surface area contributed by atoms with Crippen LogP contribution < -0.4 is 10.5 Å². The summed E-state index contributed by atoms with van der Waals surface area (Å²) < 4.78 is 5.60. The average molecular weight is 306 g/mol. The van der Waals surface area contributed by atoms with Gasteiger partial charge in [0.2, 0.25) is 0 Å². The van der Waals surface area contributed by atoms with E-state index in [1.165, 1.54) is 0 Å². The molecule has 19 heavy (non-hydrogen) atoms. The molecule has 1 aromatic rings. The van der Waals surface area contributed by atoms with Crippen molar-refractivity contribution in [1.29, 1.82) is 0 Å². The second kappa shape index (κ2) is 7.98. The van der Waals surface area contributed by atoms with Crippen molar-refractivity contribution < 1.29 is 4.74 Å². The largest absolute Gasteiger partial charge is 0.496 e. The fourth-order valence-corrected chi connectivity index (χ4v) is 2.35. The third-order valence-corrected chi connectivity index (χ3v) is 3.84. The van der Waals surface area contributed by atoms with Crippen LogP contribution in [0.2, 0.25) is 5.02 Å². The second-order valence-electron chi connectivity index (χ2n) is 5.11. The highest BCUT2D eigenvalue weighted by molar-refractivity contribution is 6.31. The van der Waals surface area contributed by atoms with E-state index < -0.39 is 0 Å². The fourth-order valence-electron chi connectivity index (χ4n) is 2.12. The normalized spacial score (nSPS) is 12.2. The number of benzene rings is 1. The first-order chi connectivity index (χ1) is 8.42. The van der Waals surface area contributed by atoms with E-state index in [4.69, 9.17) is 22.1 Å². The Hall–Kier alpha value is -0.440. The van der Waals surface area contributed by atoms with Gasteiger partial charge < -0.3 is 10.5 Å². The first-order valence-electron chi connectivity index (χ1n) is 6.53. The lowest BCUT2D eigenvalue weighted by molar-refractivity contribution is 0.400. The van der Waals surface area contributed by atoms with E-state index >= 15 is 0 Å². The molecule has 0 aliphatic rings. The number of rotatable bonds is 5. The third kappa shape index (κ3) is 4.27. The van der Waals surface area contributed by atoms with Gasteiger partial charge in [-0.25, -0.2) is 0 Å². The minimum absolute atomic E-state index is 0. The summed E-state index contributed by atoms with van der Waals surface area (Å²) in [6.45, 7) is 8.42. The van der Waals surface area contributed by atoms with Crippen LogP contribution >= 0.6 is 24.0 Å². The van der Waals surface area contributed by atoms with Gasteiger partial charge in [0.1, 0.15) is 5.75 Å². The lowest BCUT2D eigenvalue weighted by Gasteiger charge is -2.21. The zero-order valence-corrected chi connectivity index (χ0v) is 14.0. The Morgan fingerprint density at radius 2 is 1.95 bits per heavy atom. The fraction of sp³-hybridized carbons (Fsp3) is 0.600. The van der Waals surface area contributed by atoms with Crippen LogP contribution in [-0.4, -0.2) is 13.2 Å². The maximum Gasteiger partial charge on any atom is 0.125 e. The molecule has 0 amide bonds. The Morgan fingerprint density at radius 1 is 1.37 bits per heavy atom. The zero-order valence-electron chi connectivity index (χ0n) is 12.4. The van der Waals surface area contributed by atoms with Gasteiger partial charge >= 0.3 is 0 Å². The van der Waals surface area contributed by atoms with Crippen molar-refractivity contribution in [2.75, 3.05) is 7.11 Å². The molecule has 0 aliphatic carbocycles. The van der Waals surface area contributed by atoms with Gasteiger partial charge in [0.15, 0.2) is 0 Å². The van der Waals surface area contributed by atoms with Crippen molar-refractivity contribution >= 4 is 24.0 Å². The Kier molecular flexibility index (Phi) is 7.80. The Morgan fingerprint density at radius 3 is 2.37 bits per heavy atom. The summed E-state index contributed by atoms with van der Waals surface area (Å²) in [6.07, 6.45) is 1.76. The van der Waals surface area contributed by atoms with E-state index in [1.807, 2.05) is 13.0 Å². The third-order valence-electron chi connectivity index (χ3n) is 3.45. The summed E-state index contributed by atoms with van der Waals surface area (Å²) >= 11 is 6.32. The van der Waals surface area contributed by atoms with Gasteiger partial charge in [-0.05, 0) is 42.9 Å². The van der Waals surface area contributed by atoms with Crippen LogP contribution in [-0.2, 0) is 6.42 Å². The van der Waals surface area contributed by atoms with E-state index in [2.05, 4.69) is 20.8 Å². The summed E-state index contributed by atoms with van der Waals surface area (Å²) in [7, 11) is 1.72. The van der Waals surface area contributed by atoms with Crippen LogP contribution in [0.25, 0.3) is 0 Å². The topological polar surface area (TPSA) is 35.2 Å². The smallest absolute Gasteiger partial charge is 0.125 e. The molecule has 0 aromatic heterocycles. The molecular formula is C15H25Cl2NO. The molecule has 110 valence electrons. The Balaban J connectivity index is 0.00000324. The first-order valence-corrected chi connectivity index (χ1v) is 6.91. The molecule has 1 aromatic carbocycles. The molecule has 1 unspecified atom stereocenters. The van der Waals surface area contributed by atoms with Gasteiger partial charge in [0.05, 0.1) is 7.11 Å². The predicted molar refractivity (Wildman–Crippen MR) is 86.0 cm³/mol. The molecule has 1 rings (SSSR count). The maximum absolute atomic E-state index is 6.32. The molecule has 4 heteroatoms. The number of hydrogen-bond acceptors (Lipinski definition) is 2. The molecule has 2 N–H and O–H groups in total. The summed E-state index contributed by atoms with van der Waals surface area (Å²) in [5, 5.41) is 0.804. The minimum Gasteiger partial charge on any atom is -0.496 e. The highest BCUT2D eigenvalue weighted by atomic mass is 35.5. The van der Waals surface area contributed by atoms with Crippen LogP contribution in [0.15, 0.2) is 6.07 Å². The highest BCUT2D eigenvalue weighted by Gasteiger charge is 2.18. The van der Waals surface area contributed by atoms with Crippen LogP contribution in [0.3, 0.4) is 0 Å². The first kappa shape index (κ1) is 18.6. The quantitative estimate of drug-likeness (QED) is 0.870. The van der Waals surface area contributed by atoms with E-state index in [1.54, 1.807) is 7.11 Å². The summed E-state index contributed by atoms with van der Waals surface area (Å²) in [6, 6.07) is 2.16. The minimum atomic E-state index is 0. The number of hydrogen-bond donors (Lipinski definition) is 1. The van der Waals surface area contributed by atoms with Crippen molar-refractivity contribution in [3.63, 3.8) is 0 Å². The molecular weight excluding hydrogens is 281 g/mol. The van der Waals surface area contributed by atoms with Gasteiger partial charge in [-0.1, -0.05) is 32.4 Å². The molecule has 0 radical (unpaired) electrons. The molecule has 0 saturated heterocycles. The average Bonchev–Trinajstić information content (AvgIpc) is 2.34. The highest BCUT2D eigenvalue weighted by Crippen LogP contribution is 2.37. The van der Waals surface area contributed by atoms with Gasteiger partial charge in [-0.2, -0.15) is 0 Å². The monoisotopic (exact) mass is 305 g/mol. The van der Waals surface area contributed by atoms with Crippen LogP contribution in [0, 0.1) is 6.92 Å². The van der Waals surface area contributed by atoms with Gasteiger partial charge in [-0.15, -0.1) is 12.4 Å². The number of nitrogens with two attached hydrogens (primary N) is 1. The van der Waals surface area contributed by atoms with E-state index in [-0.39, 0.29) is 18.4 Å². The lowest BCUT2D eigenvalue weighted by atomic mass is 9.92. The summed E-state index contributed by atoms with van der Waals surface area (Å²) in [5.41, 5.74) is 9.47. The number of halogens is 2. The number of ether oxygens (including phenoxy) is 1. The molecule has 0 heterocycles. The van der Waals surface area contributed by atoms with Crippen LogP contribution in [0.5, 0.6) is 5.75 Å². The zero-order chi connectivity index (χ0) is 13.9. The molecule has 0 aliphatic heterocycles. The Bertz CT molecular complexity index is 419. The molecule has 0 spiro atoms. The van der Waals surface area contributed by atoms with Gasteiger partial charge in [0, 0.05) is 16.6 Å². The van der Waals surface area contributed by atoms with Crippen LogP contribution in [0.1, 0.15) is 49.8 Å². The van der Waals surface area contributed by atoms with Crippen LogP contribution in [0.4, 0.5) is 0 Å². The summed E-state index contributed by atoms with van der Waals surface area (Å²) in [5.74, 6) is 1.34. The molecule has 0 bridgehead atoms. The standard InChI is InChI=1S/C15H24ClNO.ClH/c1-6-11(17)7-13-10(4)14(16)8-12(9(2)3)15(13)18-5;/h8-9,11H,6-7,17H2,1-5H3;1H. The molecule has 2 nitrogen and oxygen atoms in total. The summed E-state index contributed by atoms with van der Waals surface area (Å²) in [4.78, 5) is 0. The van der Waals surface area contributed by atoms with Crippen molar-refractivity contribution in [3.05, 3.63) is 27.8 Å². The predicted octanol–water partition coefficient (Wildman–Crippen LogP) is 4.48. The van der Waals surface area contributed by atoms with E-state index in [9.17, 15) is 0 Å². The lowest BCUT2D eigenvalue weighted by Crippen LogP contribution is -2.22. The van der Waals surface area contributed by atoms with Crippen molar-refractivity contribution in [2.45, 2.75) is 52.5 Å². The number of methoxy groups -OCH3 is 1. The SMILES string of the molecule is CCC(N)Cc1c(C)c(Cl)cc(C(C)C)c1OC.Cl. The molecule has 1 atom stereocenters.